The number of benzene rings is 1. The number of phenols is 1. The van der Waals surface area contributed by atoms with Crippen molar-refractivity contribution in [1.82, 2.24) is 0 Å². The molecule has 0 bridgehead atoms. The molecule has 3 nitrogen and oxygen atoms in total. The molecule has 0 aliphatic heterocycles. The number of hydrogen-bond donors (Lipinski definition) is 1. The van der Waals surface area contributed by atoms with Crippen LogP contribution in [0.5, 0.6) is 11.5 Å². The van der Waals surface area contributed by atoms with Gasteiger partial charge < -0.3 is 14.6 Å². The van der Waals surface area contributed by atoms with Gasteiger partial charge >= 0.3 is 0 Å². The summed E-state index contributed by atoms with van der Waals surface area (Å²) < 4.78 is 4.97. The summed E-state index contributed by atoms with van der Waals surface area (Å²) in [6, 6.07) is 3.18. The summed E-state index contributed by atoms with van der Waals surface area (Å²) in [6.07, 6.45) is 1.16. The van der Waals surface area contributed by atoms with Crippen molar-refractivity contribution in [2.45, 2.75) is 19.3 Å². The Hall–Kier alpha value is -1.22. The van der Waals surface area contributed by atoms with E-state index in [0.29, 0.717) is 22.8 Å². The summed E-state index contributed by atoms with van der Waals surface area (Å²) in [5.74, 6) is 0.307. The van der Waals surface area contributed by atoms with Gasteiger partial charge in [0.15, 0.2) is 11.5 Å². The van der Waals surface area contributed by atoms with Gasteiger partial charge in [0.2, 0.25) is 0 Å². The SMILES string of the molecule is COc1cc(Cl)cc(C(C)CC=O)c1O. The van der Waals surface area contributed by atoms with E-state index in [1.54, 1.807) is 6.07 Å². The van der Waals surface area contributed by atoms with Gasteiger partial charge in [0.25, 0.3) is 0 Å². The van der Waals surface area contributed by atoms with E-state index in [0.717, 1.165) is 6.29 Å². The highest BCUT2D eigenvalue weighted by Gasteiger charge is 2.15. The van der Waals surface area contributed by atoms with Crippen LogP contribution in [0.3, 0.4) is 0 Å². The summed E-state index contributed by atoms with van der Waals surface area (Å²) in [7, 11) is 1.46. The molecular weight excluding hydrogens is 216 g/mol. The Morgan fingerprint density at radius 3 is 2.80 bits per heavy atom. The average Bonchev–Trinajstić information content (AvgIpc) is 2.21. The predicted octanol–water partition coefficient (Wildman–Crippen LogP) is 2.75. The minimum atomic E-state index is -0.0740. The van der Waals surface area contributed by atoms with Gasteiger partial charge in [0.05, 0.1) is 7.11 Å². The van der Waals surface area contributed by atoms with Crippen molar-refractivity contribution in [2.24, 2.45) is 0 Å². The summed E-state index contributed by atoms with van der Waals surface area (Å²) in [5.41, 5.74) is 0.631. The van der Waals surface area contributed by atoms with Gasteiger partial charge in [-0.15, -0.1) is 0 Å². The monoisotopic (exact) mass is 228 g/mol. The second kappa shape index (κ2) is 5.03. The van der Waals surface area contributed by atoms with E-state index in [2.05, 4.69) is 0 Å². The van der Waals surface area contributed by atoms with Crippen molar-refractivity contribution >= 4 is 17.9 Å². The van der Waals surface area contributed by atoms with Gasteiger partial charge in [-0.3, -0.25) is 0 Å². The molecule has 0 amide bonds. The van der Waals surface area contributed by atoms with Gasteiger partial charge in [-0.2, -0.15) is 0 Å². The summed E-state index contributed by atoms with van der Waals surface area (Å²) in [6.45, 7) is 1.85. The van der Waals surface area contributed by atoms with E-state index in [1.165, 1.54) is 13.2 Å². The van der Waals surface area contributed by atoms with Gasteiger partial charge in [0, 0.05) is 23.1 Å². The number of hydrogen-bond acceptors (Lipinski definition) is 3. The fraction of sp³-hybridized carbons (Fsp3) is 0.364. The molecule has 1 unspecified atom stereocenters. The average molecular weight is 229 g/mol. The number of carbonyl (C=O) groups excluding carboxylic acids is 1. The molecule has 0 fully saturated rings. The number of aromatic hydroxyl groups is 1. The number of rotatable bonds is 4. The third-order valence-corrected chi connectivity index (χ3v) is 2.49. The smallest absolute Gasteiger partial charge is 0.162 e. The molecule has 0 heterocycles. The van der Waals surface area contributed by atoms with Crippen molar-refractivity contribution < 1.29 is 14.6 Å². The maximum Gasteiger partial charge on any atom is 0.162 e. The Labute approximate surface area is 93.6 Å². The zero-order valence-electron chi connectivity index (χ0n) is 8.66. The van der Waals surface area contributed by atoms with Crippen LogP contribution in [0.4, 0.5) is 0 Å². The molecule has 0 spiro atoms. The second-order valence-corrected chi connectivity index (χ2v) is 3.79. The zero-order chi connectivity index (χ0) is 11.4. The quantitative estimate of drug-likeness (QED) is 0.806. The highest BCUT2D eigenvalue weighted by molar-refractivity contribution is 6.30. The molecule has 0 radical (unpaired) electrons. The van der Waals surface area contributed by atoms with Gasteiger partial charge in [-0.25, -0.2) is 0 Å². The Morgan fingerprint density at radius 2 is 2.27 bits per heavy atom. The standard InChI is InChI=1S/C11H13ClO3/c1-7(3-4-13)9-5-8(12)6-10(15-2)11(9)14/h4-7,14H,3H2,1-2H3. The van der Waals surface area contributed by atoms with Crippen molar-refractivity contribution in [2.75, 3.05) is 7.11 Å². The molecule has 1 N–H and O–H groups in total. The minimum Gasteiger partial charge on any atom is -0.504 e. The highest BCUT2D eigenvalue weighted by atomic mass is 35.5. The summed E-state index contributed by atoms with van der Waals surface area (Å²) in [4.78, 5) is 10.4. The van der Waals surface area contributed by atoms with Crippen LogP contribution in [0.1, 0.15) is 24.8 Å². The third kappa shape index (κ3) is 2.63. The van der Waals surface area contributed by atoms with E-state index < -0.39 is 0 Å². The molecule has 0 aromatic heterocycles. The number of methoxy groups -OCH3 is 1. The van der Waals surface area contributed by atoms with E-state index in [-0.39, 0.29) is 11.7 Å². The van der Waals surface area contributed by atoms with E-state index in [1.807, 2.05) is 6.92 Å². The number of phenolic OH excluding ortho intramolecular Hbond substituents is 1. The lowest BCUT2D eigenvalue weighted by molar-refractivity contribution is -0.108. The van der Waals surface area contributed by atoms with Crippen molar-refractivity contribution in [3.05, 3.63) is 22.7 Å². The molecule has 0 aliphatic carbocycles. The third-order valence-electron chi connectivity index (χ3n) is 2.27. The first-order valence-corrected chi connectivity index (χ1v) is 4.98. The molecule has 1 atom stereocenters. The van der Waals surface area contributed by atoms with Crippen molar-refractivity contribution in [3.63, 3.8) is 0 Å². The van der Waals surface area contributed by atoms with Crippen LogP contribution in [0.25, 0.3) is 0 Å². The van der Waals surface area contributed by atoms with Crippen molar-refractivity contribution in [3.8, 4) is 11.5 Å². The van der Waals surface area contributed by atoms with Gasteiger partial charge in [-0.05, 0) is 12.0 Å². The topological polar surface area (TPSA) is 46.5 Å². The van der Waals surface area contributed by atoms with E-state index in [4.69, 9.17) is 16.3 Å². The lowest BCUT2D eigenvalue weighted by Crippen LogP contribution is -1.97. The molecule has 15 heavy (non-hydrogen) atoms. The normalized spacial score (nSPS) is 12.2. The molecule has 0 saturated heterocycles. The second-order valence-electron chi connectivity index (χ2n) is 3.35. The molecule has 1 rings (SSSR count). The fourth-order valence-corrected chi connectivity index (χ4v) is 1.61. The molecule has 1 aromatic rings. The maximum absolute atomic E-state index is 10.4. The van der Waals surface area contributed by atoms with Crippen LogP contribution in [0, 0.1) is 0 Å². The lowest BCUT2D eigenvalue weighted by atomic mass is 9.97. The van der Waals surface area contributed by atoms with Crippen LogP contribution >= 0.6 is 11.6 Å². The number of aldehydes is 1. The molecule has 1 aromatic carbocycles. The van der Waals surface area contributed by atoms with Crippen LogP contribution in [-0.2, 0) is 4.79 Å². The Morgan fingerprint density at radius 1 is 1.60 bits per heavy atom. The number of halogens is 1. The fourth-order valence-electron chi connectivity index (χ4n) is 1.40. The Kier molecular flexibility index (Phi) is 3.97. The maximum atomic E-state index is 10.4. The largest absolute Gasteiger partial charge is 0.504 e. The molecular formula is C11H13ClO3. The van der Waals surface area contributed by atoms with Gasteiger partial charge in [0.1, 0.15) is 6.29 Å². The molecule has 82 valence electrons. The minimum absolute atomic E-state index is 0.0521. The van der Waals surface area contributed by atoms with Gasteiger partial charge in [-0.1, -0.05) is 18.5 Å². The molecule has 0 saturated carbocycles. The number of carbonyl (C=O) groups is 1. The summed E-state index contributed by atoms with van der Waals surface area (Å²) in [5, 5.41) is 10.3. The Balaban J connectivity index is 3.16. The summed E-state index contributed by atoms with van der Waals surface area (Å²) >= 11 is 5.87. The first-order chi connectivity index (χ1) is 7.10. The van der Waals surface area contributed by atoms with E-state index >= 15 is 0 Å². The van der Waals surface area contributed by atoms with Crippen LogP contribution < -0.4 is 4.74 Å². The van der Waals surface area contributed by atoms with Crippen LogP contribution in [-0.4, -0.2) is 18.5 Å². The lowest BCUT2D eigenvalue weighted by Gasteiger charge is -2.13. The van der Waals surface area contributed by atoms with Crippen LogP contribution in [0.15, 0.2) is 12.1 Å². The van der Waals surface area contributed by atoms with E-state index in [9.17, 15) is 9.90 Å². The van der Waals surface area contributed by atoms with Crippen molar-refractivity contribution in [1.29, 1.82) is 0 Å². The Bertz CT molecular complexity index is 363. The first kappa shape index (κ1) is 11.9. The van der Waals surface area contributed by atoms with Crippen LogP contribution in [0.2, 0.25) is 5.02 Å². The number of ether oxygens (including phenoxy) is 1. The predicted molar refractivity (Wildman–Crippen MR) is 58.8 cm³/mol. The zero-order valence-corrected chi connectivity index (χ0v) is 9.41. The highest BCUT2D eigenvalue weighted by Crippen LogP contribution is 2.38. The first-order valence-electron chi connectivity index (χ1n) is 4.60. The molecule has 4 heteroatoms. The molecule has 0 aliphatic rings.